The van der Waals surface area contributed by atoms with Crippen LogP contribution in [0.15, 0.2) is 78.9 Å². The highest BCUT2D eigenvalue weighted by Crippen LogP contribution is 2.43. The minimum Gasteiger partial charge on any atom is -0.354 e. The summed E-state index contributed by atoms with van der Waals surface area (Å²) in [6.45, 7) is 2.24. The molecule has 5 heteroatoms. The topological polar surface area (TPSA) is 49.4 Å². The average Bonchev–Trinajstić information content (AvgIpc) is 3.02. The van der Waals surface area contributed by atoms with E-state index in [1.807, 2.05) is 67.6 Å². The predicted molar refractivity (Wildman–Crippen MR) is 109 cm³/mol. The molecule has 0 aliphatic carbocycles. The molecule has 0 aromatic heterocycles. The normalized spacial score (nSPS) is 15.5. The standard InChI is InChI=1S/C24H21FN2O2/c1-2-26-23(28)22-20-15-18(25)13-14-19(20)24(29)27(22)21(16-9-5-3-6-10-16)17-11-7-4-8-12-17/h3-15,21-22H,2H2,1H3,(H,26,28). The van der Waals surface area contributed by atoms with E-state index in [0.29, 0.717) is 17.7 Å². The lowest BCUT2D eigenvalue weighted by Crippen LogP contribution is -2.41. The first kappa shape index (κ1) is 18.9. The summed E-state index contributed by atoms with van der Waals surface area (Å²) in [4.78, 5) is 28.0. The maximum absolute atomic E-state index is 14.0. The number of benzene rings is 3. The summed E-state index contributed by atoms with van der Waals surface area (Å²) in [5.74, 6) is -1.07. The van der Waals surface area contributed by atoms with Gasteiger partial charge in [0.1, 0.15) is 11.9 Å². The Bertz CT molecular complexity index is 998. The molecule has 4 nitrogen and oxygen atoms in total. The first-order chi connectivity index (χ1) is 14.1. The number of nitrogens with zero attached hydrogens (tertiary/aromatic N) is 1. The van der Waals surface area contributed by atoms with Gasteiger partial charge in [-0.05, 0) is 41.8 Å². The second-order valence-corrected chi connectivity index (χ2v) is 6.97. The Balaban J connectivity index is 1.91. The molecule has 0 spiro atoms. The average molecular weight is 388 g/mol. The molecule has 1 unspecified atom stereocenters. The minimum atomic E-state index is -0.904. The van der Waals surface area contributed by atoms with Crippen molar-refractivity contribution in [2.24, 2.45) is 0 Å². The van der Waals surface area contributed by atoms with Crippen molar-refractivity contribution in [3.05, 3.63) is 107 Å². The van der Waals surface area contributed by atoms with Gasteiger partial charge in [-0.25, -0.2) is 4.39 Å². The van der Waals surface area contributed by atoms with Gasteiger partial charge in [0.2, 0.25) is 5.91 Å². The van der Waals surface area contributed by atoms with Crippen LogP contribution in [0.25, 0.3) is 0 Å². The molecule has 1 aliphatic rings. The van der Waals surface area contributed by atoms with Crippen LogP contribution in [-0.2, 0) is 4.79 Å². The van der Waals surface area contributed by atoms with Crippen LogP contribution >= 0.6 is 0 Å². The van der Waals surface area contributed by atoms with Crippen molar-refractivity contribution in [3.63, 3.8) is 0 Å². The van der Waals surface area contributed by atoms with Crippen molar-refractivity contribution in [1.29, 1.82) is 0 Å². The van der Waals surface area contributed by atoms with Gasteiger partial charge in [0, 0.05) is 12.1 Å². The predicted octanol–water partition coefficient (Wildman–Crippen LogP) is 4.25. The van der Waals surface area contributed by atoms with E-state index in [4.69, 9.17) is 0 Å². The highest BCUT2D eigenvalue weighted by molar-refractivity contribution is 6.05. The van der Waals surface area contributed by atoms with Gasteiger partial charge >= 0.3 is 0 Å². The summed E-state index contributed by atoms with van der Waals surface area (Å²) < 4.78 is 14.0. The van der Waals surface area contributed by atoms with Gasteiger partial charge < -0.3 is 10.2 Å². The van der Waals surface area contributed by atoms with Crippen LogP contribution in [0.1, 0.15) is 46.1 Å². The smallest absolute Gasteiger partial charge is 0.255 e. The molecule has 3 aromatic carbocycles. The van der Waals surface area contributed by atoms with E-state index in [-0.39, 0.29) is 11.8 Å². The number of amides is 2. The molecular weight excluding hydrogens is 367 g/mol. The molecule has 4 rings (SSSR count). The quantitative estimate of drug-likeness (QED) is 0.710. The number of hydrogen-bond donors (Lipinski definition) is 1. The number of rotatable bonds is 5. The summed E-state index contributed by atoms with van der Waals surface area (Å²) in [6, 6.07) is 21.8. The molecule has 0 saturated carbocycles. The Labute approximate surface area is 169 Å². The van der Waals surface area contributed by atoms with E-state index in [0.717, 1.165) is 11.1 Å². The number of carbonyl (C=O) groups is 2. The second-order valence-electron chi connectivity index (χ2n) is 6.97. The number of carbonyl (C=O) groups excluding carboxylic acids is 2. The zero-order valence-electron chi connectivity index (χ0n) is 16.0. The second kappa shape index (κ2) is 7.87. The lowest BCUT2D eigenvalue weighted by atomic mass is 9.95. The van der Waals surface area contributed by atoms with Crippen molar-refractivity contribution in [3.8, 4) is 0 Å². The third-order valence-electron chi connectivity index (χ3n) is 5.16. The van der Waals surface area contributed by atoms with Crippen molar-refractivity contribution >= 4 is 11.8 Å². The van der Waals surface area contributed by atoms with Gasteiger partial charge in [-0.2, -0.15) is 0 Å². The number of halogens is 1. The third kappa shape index (κ3) is 3.40. The number of fused-ring (bicyclic) bond motifs is 1. The van der Waals surface area contributed by atoms with Gasteiger partial charge in [-0.15, -0.1) is 0 Å². The summed E-state index contributed by atoms with van der Waals surface area (Å²) in [6.07, 6.45) is 0. The molecule has 0 fully saturated rings. The zero-order valence-corrected chi connectivity index (χ0v) is 16.0. The number of likely N-dealkylation sites (N-methyl/N-ethyl adjacent to an activating group) is 1. The highest BCUT2D eigenvalue weighted by Gasteiger charge is 2.45. The molecular formula is C24H21FN2O2. The van der Waals surface area contributed by atoms with Crippen LogP contribution < -0.4 is 5.32 Å². The van der Waals surface area contributed by atoms with E-state index in [1.54, 1.807) is 4.90 Å². The molecule has 29 heavy (non-hydrogen) atoms. The number of hydrogen-bond acceptors (Lipinski definition) is 2. The van der Waals surface area contributed by atoms with Gasteiger partial charge in [-0.1, -0.05) is 60.7 Å². The van der Waals surface area contributed by atoms with Crippen molar-refractivity contribution in [2.75, 3.05) is 6.54 Å². The fourth-order valence-corrected chi connectivity index (χ4v) is 3.95. The molecule has 0 saturated heterocycles. The molecule has 3 aromatic rings. The zero-order chi connectivity index (χ0) is 20.4. The van der Waals surface area contributed by atoms with Crippen LogP contribution in [0.4, 0.5) is 4.39 Å². The van der Waals surface area contributed by atoms with E-state index >= 15 is 0 Å². The highest BCUT2D eigenvalue weighted by atomic mass is 19.1. The Morgan fingerprint density at radius 3 is 2.14 bits per heavy atom. The monoisotopic (exact) mass is 388 g/mol. The van der Waals surface area contributed by atoms with Crippen LogP contribution in [0.5, 0.6) is 0 Å². The summed E-state index contributed by atoms with van der Waals surface area (Å²) in [5, 5.41) is 2.80. The molecule has 1 N–H and O–H groups in total. The van der Waals surface area contributed by atoms with E-state index in [2.05, 4.69) is 5.32 Å². The van der Waals surface area contributed by atoms with Gasteiger partial charge in [0.25, 0.3) is 5.91 Å². The molecule has 1 heterocycles. The lowest BCUT2D eigenvalue weighted by molar-refractivity contribution is -0.126. The van der Waals surface area contributed by atoms with Crippen molar-refractivity contribution in [1.82, 2.24) is 10.2 Å². The Kier molecular flexibility index (Phi) is 5.12. The van der Waals surface area contributed by atoms with Gasteiger partial charge in [-0.3, -0.25) is 9.59 Å². The number of nitrogens with one attached hydrogen (secondary N) is 1. The molecule has 1 aliphatic heterocycles. The van der Waals surface area contributed by atoms with Crippen molar-refractivity contribution < 1.29 is 14.0 Å². The summed E-state index contributed by atoms with van der Waals surface area (Å²) >= 11 is 0. The van der Waals surface area contributed by atoms with Crippen LogP contribution in [-0.4, -0.2) is 23.3 Å². The molecule has 146 valence electrons. The largest absolute Gasteiger partial charge is 0.354 e. The maximum atomic E-state index is 14.0. The minimum absolute atomic E-state index is 0.283. The van der Waals surface area contributed by atoms with E-state index in [9.17, 15) is 14.0 Å². The van der Waals surface area contributed by atoms with E-state index < -0.39 is 17.9 Å². The third-order valence-corrected chi connectivity index (χ3v) is 5.16. The summed E-state index contributed by atoms with van der Waals surface area (Å²) in [7, 11) is 0. The maximum Gasteiger partial charge on any atom is 0.255 e. The van der Waals surface area contributed by atoms with Gasteiger partial charge in [0.15, 0.2) is 0 Å². The molecule has 1 atom stereocenters. The lowest BCUT2D eigenvalue weighted by Gasteiger charge is -2.33. The Morgan fingerprint density at radius 1 is 1.00 bits per heavy atom. The fraction of sp³-hybridized carbons (Fsp3) is 0.167. The van der Waals surface area contributed by atoms with Crippen LogP contribution in [0.3, 0.4) is 0 Å². The molecule has 0 bridgehead atoms. The first-order valence-electron chi connectivity index (χ1n) is 9.61. The van der Waals surface area contributed by atoms with E-state index in [1.165, 1.54) is 18.2 Å². The Hall–Kier alpha value is -3.47. The van der Waals surface area contributed by atoms with Crippen molar-refractivity contribution in [2.45, 2.75) is 19.0 Å². The molecule has 0 radical (unpaired) electrons. The van der Waals surface area contributed by atoms with Gasteiger partial charge in [0.05, 0.1) is 6.04 Å². The van der Waals surface area contributed by atoms with Crippen LogP contribution in [0.2, 0.25) is 0 Å². The fourth-order valence-electron chi connectivity index (χ4n) is 3.95. The van der Waals surface area contributed by atoms with Crippen LogP contribution in [0, 0.1) is 5.82 Å². The first-order valence-corrected chi connectivity index (χ1v) is 9.61. The SMILES string of the molecule is CCNC(=O)C1c2cc(F)ccc2C(=O)N1C(c1ccccc1)c1ccccc1. The summed E-state index contributed by atoms with van der Waals surface area (Å²) in [5.41, 5.74) is 2.53. The molecule has 2 amide bonds. The Morgan fingerprint density at radius 2 is 1.59 bits per heavy atom.